The number of carbonyl (C=O) groups is 1. The molecule has 0 fully saturated rings. The van der Waals surface area contributed by atoms with E-state index in [1.807, 2.05) is 18.2 Å². The molecule has 2 rings (SSSR count). The number of hydrogen-bond acceptors (Lipinski definition) is 5. The van der Waals surface area contributed by atoms with Crippen molar-refractivity contribution in [1.82, 2.24) is 14.8 Å². The van der Waals surface area contributed by atoms with Gasteiger partial charge in [0.25, 0.3) is 0 Å². The van der Waals surface area contributed by atoms with Crippen molar-refractivity contribution in [1.29, 1.82) is 0 Å². The van der Waals surface area contributed by atoms with Gasteiger partial charge in [0, 0.05) is 13.0 Å². The Morgan fingerprint density at radius 3 is 2.64 bits per heavy atom. The number of thioether (sulfide) groups is 1. The first-order valence-corrected chi connectivity index (χ1v) is 8.47. The average molecular weight is 319 g/mol. The Labute approximate surface area is 135 Å². The Hall–Kier alpha value is -1.82. The third-order valence-electron chi connectivity index (χ3n) is 3.21. The lowest BCUT2D eigenvalue weighted by Gasteiger charge is -2.07. The number of benzene rings is 1. The molecule has 0 spiro atoms. The number of ether oxygens (including phenoxy) is 1. The van der Waals surface area contributed by atoms with Gasteiger partial charge in [0.2, 0.25) is 0 Å². The lowest BCUT2D eigenvalue weighted by molar-refractivity contribution is -0.139. The van der Waals surface area contributed by atoms with Crippen molar-refractivity contribution in [3.8, 4) is 0 Å². The van der Waals surface area contributed by atoms with Crippen molar-refractivity contribution in [2.45, 2.75) is 38.4 Å². The fourth-order valence-corrected chi connectivity index (χ4v) is 2.97. The van der Waals surface area contributed by atoms with Crippen molar-refractivity contribution in [3.63, 3.8) is 0 Å². The van der Waals surface area contributed by atoms with Gasteiger partial charge in [0.1, 0.15) is 5.82 Å². The topological polar surface area (TPSA) is 57.0 Å². The minimum atomic E-state index is -0.219. The molecule has 0 N–H and O–H groups in total. The number of esters is 1. The highest BCUT2D eigenvalue weighted by Gasteiger charge is 2.13. The van der Waals surface area contributed by atoms with Gasteiger partial charge in [-0.2, -0.15) is 0 Å². The fourth-order valence-electron chi connectivity index (χ4n) is 2.16. The molecule has 5 nitrogen and oxygen atoms in total. The smallest absolute Gasteiger partial charge is 0.316 e. The molecule has 0 radical (unpaired) electrons. The van der Waals surface area contributed by atoms with Crippen LogP contribution in [-0.4, -0.2) is 33.1 Å². The zero-order valence-corrected chi connectivity index (χ0v) is 13.8. The van der Waals surface area contributed by atoms with Crippen LogP contribution in [0.15, 0.2) is 35.5 Å². The van der Waals surface area contributed by atoms with E-state index in [1.165, 1.54) is 17.3 Å². The second-order valence-corrected chi connectivity index (χ2v) is 5.66. The second kappa shape index (κ2) is 8.58. The molecule has 118 valence electrons. The first kappa shape index (κ1) is 16.5. The Morgan fingerprint density at radius 1 is 1.18 bits per heavy atom. The first-order valence-electron chi connectivity index (χ1n) is 7.49. The molecular formula is C16H21N3O2S. The third kappa shape index (κ3) is 4.59. The van der Waals surface area contributed by atoms with Gasteiger partial charge in [-0.05, 0) is 25.8 Å². The molecule has 0 aliphatic rings. The molecule has 0 atom stereocenters. The summed E-state index contributed by atoms with van der Waals surface area (Å²) in [5.74, 6) is 1.01. The van der Waals surface area contributed by atoms with E-state index in [4.69, 9.17) is 4.74 Å². The quantitative estimate of drug-likeness (QED) is 0.553. The summed E-state index contributed by atoms with van der Waals surface area (Å²) < 4.78 is 6.99. The summed E-state index contributed by atoms with van der Waals surface area (Å²) in [6.07, 6.45) is 1.77. The van der Waals surface area contributed by atoms with E-state index in [1.54, 1.807) is 6.92 Å². The first-order chi connectivity index (χ1) is 10.7. The van der Waals surface area contributed by atoms with Crippen LogP contribution in [-0.2, 0) is 28.9 Å². The Kier molecular flexibility index (Phi) is 6.45. The molecule has 1 aromatic carbocycles. The maximum atomic E-state index is 11.4. The predicted octanol–water partition coefficient (Wildman–Crippen LogP) is 2.74. The molecule has 0 amide bonds. The molecule has 2 aromatic rings. The van der Waals surface area contributed by atoms with Crippen LogP contribution in [0.5, 0.6) is 0 Å². The predicted molar refractivity (Wildman–Crippen MR) is 86.9 cm³/mol. The van der Waals surface area contributed by atoms with Crippen LogP contribution in [0.3, 0.4) is 0 Å². The Morgan fingerprint density at radius 2 is 1.95 bits per heavy atom. The molecule has 1 heterocycles. The number of carbonyl (C=O) groups excluding carboxylic acids is 1. The van der Waals surface area contributed by atoms with Crippen LogP contribution in [0, 0.1) is 0 Å². The summed E-state index contributed by atoms with van der Waals surface area (Å²) in [5.41, 5.74) is 1.29. The fraction of sp³-hybridized carbons (Fsp3) is 0.438. The van der Waals surface area contributed by atoms with Crippen molar-refractivity contribution >= 4 is 17.7 Å². The highest BCUT2D eigenvalue weighted by atomic mass is 32.2. The van der Waals surface area contributed by atoms with E-state index in [0.29, 0.717) is 6.61 Å². The summed E-state index contributed by atoms with van der Waals surface area (Å²) in [7, 11) is 0. The van der Waals surface area contributed by atoms with Crippen LogP contribution in [0.4, 0.5) is 0 Å². The van der Waals surface area contributed by atoms with E-state index in [0.717, 1.165) is 30.4 Å². The van der Waals surface area contributed by atoms with E-state index in [2.05, 4.69) is 33.8 Å². The van der Waals surface area contributed by atoms with Gasteiger partial charge >= 0.3 is 5.97 Å². The third-order valence-corrected chi connectivity index (χ3v) is 4.15. The molecular weight excluding hydrogens is 298 g/mol. The highest BCUT2D eigenvalue weighted by molar-refractivity contribution is 7.99. The standard InChI is InChI=1S/C16H21N3O2S/c1-3-19-14(11-10-13-8-6-5-7-9-13)17-18-16(19)22-12-15(20)21-4-2/h5-9H,3-4,10-12H2,1-2H3. The van der Waals surface area contributed by atoms with Gasteiger partial charge in [-0.1, -0.05) is 42.1 Å². The summed E-state index contributed by atoms with van der Waals surface area (Å²) in [5, 5.41) is 9.24. The average Bonchev–Trinajstić information content (AvgIpc) is 2.94. The summed E-state index contributed by atoms with van der Waals surface area (Å²) in [6.45, 7) is 5.06. The minimum absolute atomic E-state index is 0.219. The van der Waals surface area contributed by atoms with Crippen molar-refractivity contribution in [2.75, 3.05) is 12.4 Å². The zero-order valence-electron chi connectivity index (χ0n) is 13.0. The van der Waals surface area contributed by atoms with Crippen molar-refractivity contribution in [3.05, 3.63) is 41.7 Å². The van der Waals surface area contributed by atoms with E-state index in [9.17, 15) is 4.79 Å². The van der Waals surface area contributed by atoms with Crippen LogP contribution < -0.4 is 0 Å². The molecule has 0 unspecified atom stereocenters. The van der Waals surface area contributed by atoms with Gasteiger partial charge < -0.3 is 9.30 Å². The molecule has 1 aromatic heterocycles. The Bertz CT molecular complexity index is 599. The summed E-state index contributed by atoms with van der Waals surface area (Å²) in [4.78, 5) is 11.4. The molecule has 0 aliphatic carbocycles. The van der Waals surface area contributed by atoms with Gasteiger partial charge in [0.05, 0.1) is 12.4 Å². The van der Waals surface area contributed by atoms with Crippen molar-refractivity contribution < 1.29 is 9.53 Å². The van der Waals surface area contributed by atoms with Gasteiger partial charge in [-0.15, -0.1) is 10.2 Å². The maximum absolute atomic E-state index is 11.4. The van der Waals surface area contributed by atoms with Gasteiger partial charge in [-0.3, -0.25) is 4.79 Å². The number of rotatable bonds is 8. The molecule has 0 aliphatic heterocycles. The van der Waals surface area contributed by atoms with E-state index < -0.39 is 0 Å². The number of aryl methyl sites for hydroxylation is 2. The number of aromatic nitrogens is 3. The number of nitrogens with zero attached hydrogens (tertiary/aromatic N) is 3. The largest absolute Gasteiger partial charge is 0.465 e. The molecule has 6 heteroatoms. The summed E-state index contributed by atoms with van der Waals surface area (Å²) >= 11 is 1.38. The maximum Gasteiger partial charge on any atom is 0.316 e. The zero-order chi connectivity index (χ0) is 15.8. The van der Waals surface area contributed by atoms with Crippen LogP contribution in [0.2, 0.25) is 0 Å². The van der Waals surface area contributed by atoms with Gasteiger partial charge in [-0.25, -0.2) is 0 Å². The molecule has 0 saturated heterocycles. The van der Waals surface area contributed by atoms with Crippen LogP contribution in [0.1, 0.15) is 25.2 Å². The van der Waals surface area contributed by atoms with E-state index >= 15 is 0 Å². The molecule has 0 saturated carbocycles. The molecule has 22 heavy (non-hydrogen) atoms. The van der Waals surface area contributed by atoms with Crippen LogP contribution >= 0.6 is 11.8 Å². The lowest BCUT2D eigenvalue weighted by atomic mass is 10.1. The highest BCUT2D eigenvalue weighted by Crippen LogP contribution is 2.18. The SMILES string of the molecule is CCOC(=O)CSc1nnc(CCc2ccccc2)n1CC. The lowest BCUT2D eigenvalue weighted by Crippen LogP contribution is -2.09. The van der Waals surface area contributed by atoms with Crippen LogP contribution in [0.25, 0.3) is 0 Å². The molecule has 0 bridgehead atoms. The normalized spacial score (nSPS) is 10.6. The second-order valence-electron chi connectivity index (χ2n) is 4.72. The minimum Gasteiger partial charge on any atom is -0.465 e. The number of hydrogen-bond donors (Lipinski definition) is 0. The monoisotopic (exact) mass is 319 g/mol. The van der Waals surface area contributed by atoms with Gasteiger partial charge in [0.15, 0.2) is 5.16 Å². The van der Waals surface area contributed by atoms with Crippen molar-refractivity contribution in [2.24, 2.45) is 0 Å². The Balaban J connectivity index is 1.96. The van der Waals surface area contributed by atoms with E-state index in [-0.39, 0.29) is 11.7 Å². The summed E-state index contributed by atoms with van der Waals surface area (Å²) in [6, 6.07) is 10.3.